The van der Waals surface area contributed by atoms with E-state index in [1.54, 1.807) is 18.2 Å². The van der Waals surface area contributed by atoms with Crippen LogP contribution in [0.15, 0.2) is 72.8 Å². The third kappa shape index (κ3) is 4.19. The summed E-state index contributed by atoms with van der Waals surface area (Å²) in [5, 5.41) is 9.74. The second kappa shape index (κ2) is 7.84. The molecule has 0 saturated heterocycles. The van der Waals surface area contributed by atoms with E-state index in [0.29, 0.717) is 29.8 Å². The van der Waals surface area contributed by atoms with Gasteiger partial charge in [-0.2, -0.15) is 39.5 Å². The van der Waals surface area contributed by atoms with Crippen molar-refractivity contribution in [2.24, 2.45) is 0 Å². The highest BCUT2D eigenvalue weighted by Crippen LogP contribution is 2.51. The van der Waals surface area contributed by atoms with Gasteiger partial charge in [0.15, 0.2) is 0 Å². The van der Waals surface area contributed by atoms with Gasteiger partial charge in [-0.3, -0.25) is 0 Å². The molecule has 0 unspecified atom stereocenters. The Kier molecular flexibility index (Phi) is 5.80. The minimum absolute atomic E-state index is 0.0644. The smallest absolute Gasteiger partial charge is 0.369 e. The molecule has 0 atom stereocenters. The van der Waals surface area contributed by atoms with Crippen LogP contribution >= 0.6 is 0 Å². The molecular formula is C22H13F9O. The summed E-state index contributed by atoms with van der Waals surface area (Å²) in [6.45, 7) is 0. The average Bonchev–Trinajstić information content (AvgIpc) is 2.71. The first-order valence-corrected chi connectivity index (χ1v) is 8.89. The Hall–Kier alpha value is -3.01. The van der Waals surface area contributed by atoms with Gasteiger partial charge < -0.3 is 5.11 Å². The van der Waals surface area contributed by atoms with Gasteiger partial charge in [0, 0.05) is 5.56 Å². The van der Waals surface area contributed by atoms with Crippen LogP contribution in [0, 0.1) is 0 Å². The minimum atomic E-state index is -6.10. The molecule has 0 saturated carbocycles. The average molecular weight is 464 g/mol. The van der Waals surface area contributed by atoms with Crippen LogP contribution < -0.4 is 0 Å². The standard InChI is InChI=1S/C22H13F9O/c23-20(24,25)15-8-6-14(7-9-15)18-12-16(19(32,21(26,27)28)22(29,30)31)10-11-17(18)13-4-2-1-3-5-13/h1-12,32H. The predicted octanol–water partition coefficient (Wildman–Crippen LogP) is 7.35. The van der Waals surface area contributed by atoms with Gasteiger partial charge in [0.1, 0.15) is 0 Å². The Balaban J connectivity index is 2.28. The predicted molar refractivity (Wildman–Crippen MR) is 98.3 cm³/mol. The quantitative estimate of drug-likeness (QED) is 0.402. The largest absolute Gasteiger partial charge is 0.430 e. The summed E-state index contributed by atoms with van der Waals surface area (Å²) in [4.78, 5) is 0. The van der Waals surface area contributed by atoms with Crippen molar-refractivity contribution in [3.63, 3.8) is 0 Å². The van der Waals surface area contributed by atoms with Crippen molar-refractivity contribution in [2.75, 3.05) is 0 Å². The molecule has 0 fully saturated rings. The molecule has 0 radical (unpaired) electrons. The van der Waals surface area contributed by atoms with Gasteiger partial charge in [0.2, 0.25) is 0 Å². The van der Waals surface area contributed by atoms with Crippen LogP contribution in [0.2, 0.25) is 0 Å². The second-order valence-corrected chi connectivity index (χ2v) is 6.91. The molecule has 32 heavy (non-hydrogen) atoms. The van der Waals surface area contributed by atoms with Crippen molar-refractivity contribution in [3.05, 3.63) is 83.9 Å². The molecule has 1 nitrogen and oxygen atoms in total. The zero-order valence-corrected chi connectivity index (χ0v) is 15.8. The zero-order chi connectivity index (χ0) is 23.9. The summed E-state index contributed by atoms with van der Waals surface area (Å²) in [5.74, 6) is 0. The van der Waals surface area contributed by atoms with Crippen LogP contribution in [0.3, 0.4) is 0 Å². The first kappa shape index (κ1) is 23.6. The molecule has 170 valence electrons. The van der Waals surface area contributed by atoms with Crippen LogP contribution in [-0.4, -0.2) is 17.5 Å². The molecule has 1 N–H and O–H groups in total. The van der Waals surface area contributed by atoms with Crippen molar-refractivity contribution in [3.8, 4) is 22.3 Å². The van der Waals surface area contributed by atoms with Gasteiger partial charge in [-0.15, -0.1) is 0 Å². The summed E-state index contributed by atoms with van der Waals surface area (Å²) in [6, 6.07) is 13.0. The molecule has 0 aromatic heterocycles. The monoisotopic (exact) mass is 464 g/mol. The van der Waals surface area contributed by atoms with Crippen molar-refractivity contribution >= 4 is 0 Å². The molecule has 0 bridgehead atoms. The van der Waals surface area contributed by atoms with Crippen LogP contribution in [0.4, 0.5) is 39.5 Å². The Bertz CT molecular complexity index is 1070. The number of halogens is 9. The normalized spacial score (nSPS) is 13.3. The van der Waals surface area contributed by atoms with Crippen molar-refractivity contribution in [1.82, 2.24) is 0 Å². The van der Waals surface area contributed by atoms with E-state index < -0.39 is 35.3 Å². The summed E-state index contributed by atoms with van der Waals surface area (Å²) in [5.41, 5.74) is -7.43. The number of benzene rings is 3. The highest BCUT2D eigenvalue weighted by molar-refractivity contribution is 5.84. The second-order valence-electron chi connectivity index (χ2n) is 6.91. The highest BCUT2D eigenvalue weighted by atomic mass is 19.4. The lowest BCUT2D eigenvalue weighted by molar-refractivity contribution is -0.376. The van der Waals surface area contributed by atoms with Gasteiger partial charge in [-0.25, -0.2) is 0 Å². The first-order valence-electron chi connectivity index (χ1n) is 8.89. The lowest BCUT2D eigenvalue weighted by atomic mass is 9.86. The Morgan fingerprint density at radius 2 is 0.969 bits per heavy atom. The van der Waals surface area contributed by atoms with E-state index >= 15 is 0 Å². The molecule has 3 aromatic rings. The lowest BCUT2D eigenvalue weighted by Gasteiger charge is -2.33. The molecular weight excluding hydrogens is 451 g/mol. The number of rotatable bonds is 3. The fraction of sp³-hybridized carbons (Fsp3) is 0.182. The topological polar surface area (TPSA) is 20.2 Å². The number of alkyl halides is 9. The maximum absolute atomic E-state index is 13.3. The lowest BCUT2D eigenvalue weighted by Crippen LogP contribution is -2.53. The molecule has 0 spiro atoms. The van der Waals surface area contributed by atoms with E-state index in [2.05, 4.69) is 0 Å². The molecule has 3 aromatic carbocycles. The van der Waals surface area contributed by atoms with Gasteiger partial charge in [-0.1, -0.05) is 54.6 Å². The Labute approximate surface area is 175 Å². The number of hydrogen-bond donors (Lipinski definition) is 1. The summed E-state index contributed by atoms with van der Waals surface area (Å²) in [7, 11) is 0. The Morgan fingerprint density at radius 1 is 0.500 bits per heavy atom. The molecule has 3 rings (SSSR count). The van der Waals surface area contributed by atoms with Crippen molar-refractivity contribution in [2.45, 2.75) is 24.1 Å². The summed E-state index contributed by atoms with van der Waals surface area (Å²) in [6.07, 6.45) is -16.9. The SMILES string of the molecule is OC(c1ccc(-c2ccccc2)c(-c2ccc(C(F)(F)F)cc2)c1)(C(F)(F)F)C(F)(F)F. The van der Waals surface area contributed by atoms with Crippen LogP contribution in [-0.2, 0) is 11.8 Å². The van der Waals surface area contributed by atoms with Crippen molar-refractivity contribution < 1.29 is 44.6 Å². The van der Waals surface area contributed by atoms with E-state index in [0.717, 1.165) is 18.2 Å². The Morgan fingerprint density at radius 3 is 1.44 bits per heavy atom. The third-order valence-electron chi connectivity index (χ3n) is 4.87. The van der Waals surface area contributed by atoms with E-state index in [4.69, 9.17) is 0 Å². The highest BCUT2D eigenvalue weighted by Gasteiger charge is 2.71. The fourth-order valence-corrected chi connectivity index (χ4v) is 3.20. The molecule has 0 aliphatic heterocycles. The summed E-state index contributed by atoms with van der Waals surface area (Å²) >= 11 is 0. The molecule has 10 heteroatoms. The van der Waals surface area contributed by atoms with Gasteiger partial charge in [0.05, 0.1) is 5.56 Å². The van der Waals surface area contributed by atoms with E-state index in [1.165, 1.54) is 12.1 Å². The van der Waals surface area contributed by atoms with E-state index in [-0.39, 0.29) is 16.7 Å². The fourth-order valence-electron chi connectivity index (χ4n) is 3.20. The maximum atomic E-state index is 13.3. The van der Waals surface area contributed by atoms with Gasteiger partial charge >= 0.3 is 18.5 Å². The summed E-state index contributed by atoms with van der Waals surface area (Å²) < 4.78 is 119. The van der Waals surface area contributed by atoms with Gasteiger partial charge in [0.25, 0.3) is 5.60 Å². The zero-order valence-electron chi connectivity index (χ0n) is 15.8. The molecule has 0 heterocycles. The van der Waals surface area contributed by atoms with Gasteiger partial charge in [-0.05, 0) is 40.5 Å². The number of aliphatic hydroxyl groups is 1. The van der Waals surface area contributed by atoms with Crippen LogP contribution in [0.25, 0.3) is 22.3 Å². The number of hydrogen-bond acceptors (Lipinski definition) is 1. The molecule has 0 aliphatic carbocycles. The molecule has 0 aliphatic rings. The van der Waals surface area contributed by atoms with Crippen LogP contribution in [0.5, 0.6) is 0 Å². The maximum Gasteiger partial charge on any atom is 0.430 e. The first-order chi connectivity index (χ1) is 14.7. The third-order valence-corrected chi connectivity index (χ3v) is 4.87. The van der Waals surface area contributed by atoms with Crippen molar-refractivity contribution in [1.29, 1.82) is 0 Å². The molecule has 0 amide bonds. The van der Waals surface area contributed by atoms with E-state index in [1.807, 2.05) is 0 Å². The minimum Gasteiger partial charge on any atom is -0.369 e. The van der Waals surface area contributed by atoms with Crippen LogP contribution in [0.1, 0.15) is 11.1 Å². The van der Waals surface area contributed by atoms with E-state index in [9.17, 15) is 44.6 Å².